The number of rotatable bonds is 2. The number of phenols is 6. The Morgan fingerprint density at radius 1 is 0.711 bits per heavy atom. The second-order valence-corrected chi connectivity index (χ2v) is 11.5. The lowest BCUT2D eigenvalue weighted by Crippen LogP contribution is -2.70. The molecule has 1 aliphatic carbocycles. The van der Waals surface area contributed by atoms with Gasteiger partial charge in [0.15, 0.2) is 17.6 Å². The Labute approximate surface area is 251 Å². The van der Waals surface area contributed by atoms with Crippen molar-refractivity contribution in [3.05, 3.63) is 64.2 Å². The number of benzene rings is 3. The number of hydrogen-bond donors (Lipinski definition) is 11. The highest BCUT2D eigenvalue weighted by Crippen LogP contribution is 2.60. The molecule has 2 bridgehead atoms. The first-order valence-electron chi connectivity index (χ1n) is 13.6. The van der Waals surface area contributed by atoms with Crippen LogP contribution in [-0.4, -0.2) is 91.8 Å². The van der Waals surface area contributed by atoms with Crippen LogP contribution in [0.15, 0.2) is 42.0 Å². The van der Waals surface area contributed by atoms with E-state index in [1.807, 2.05) is 0 Å². The summed E-state index contributed by atoms with van der Waals surface area (Å²) in [5.41, 5.74) is -0.745. The molecule has 0 spiro atoms. The van der Waals surface area contributed by atoms with Gasteiger partial charge in [0, 0.05) is 59.4 Å². The van der Waals surface area contributed by atoms with Crippen LogP contribution in [0.1, 0.15) is 34.3 Å². The number of fused-ring (bicyclic) bond motifs is 6. The molecule has 0 saturated heterocycles. The van der Waals surface area contributed by atoms with Gasteiger partial charge in [-0.25, -0.2) is 0 Å². The number of ether oxygens (including phenoxy) is 3. The van der Waals surface area contributed by atoms with E-state index in [0.717, 1.165) is 36.4 Å². The molecule has 0 fully saturated rings. The Kier molecular flexibility index (Phi) is 5.95. The van der Waals surface area contributed by atoms with E-state index in [2.05, 4.69) is 0 Å². The number of aliphatic hydroxyl groups excluding tert-OH is 2. The monoisotopic (exact) mass is 626 g/mol. The minimum atomic E-state index is -3.53. The van der Waals surface area contributed by atoms with E-state index < -0.39 is 82.0 Å². The second-order valence-electron chi connectivity index (χ2n) is 11.5. The van der Waals surface area contributed by atoms with Crippen molar-refractivity contribution in [2.75, 3.05) is 0 Å². The van der Waals surface area contributed by atoms with Gasteiger partial charge in [0.05, 0.1) is 18.1 Å². The molecule has 3 aromatic rings. The predicted octanol–water partition coefficient (Wildman–Crippen LogP) is -0.324. The van der Waals surface area contributed by atoms with Crippen molar-refractivity contribution in [1.29, 1.82) is 0 Å². The zero-order valence-corrected chi connectivity index (χ0v) is 22.8. The maximum atomic E-state index is 13.3. The summed E-state index contributed by atoms with van der Waals surface area (Å²) in [6.07, 6.45) is -5.92. The minimum Gasteiger partial charge on any atom is -0.508 e. The fraction of sp³-hybridized carbons (Fsp3) is 0.300. The van der Waals surface area contributed by atoms with E-state index in [0.29, 0.717) is 0 Å². The third kappa shape index (κ3) is 3.92. The highest BCUT2D eigenvalue weighted by Gasteiger charge is 2.69. The minimum absolute atomic E-state index is 0.0755. The molecular weight excluding hydrogens is 600 g/mol. The van der Waals surface area contributed by atoms with Crippen LogP contribution in [-0.2, 0) is 17.6 Å². The van der Waals surface area contributed by atoms with Crippen molar-refractivity contribution in [3.8, 4) is 51.7 Å². The zero-order chi connectivity index (χ0) is 32.3. The van der Waals surface area contributed by atoms with Gasteiger partial charge in [-0.1, -0.05) is 0 Å². The summed E-state index contributed by atoms with van der Waals surface area (Å²) in [5, 5.41) is 119. The Balaban J connectivity index is 1.43. The number of carbonyl (C=O) groups is 1. The standard InChI is InChI=1S/C30H26O15/c31-9-1-15(33)11-5-18(36)26(43-20(11)3-9)13-7-17(35)25(39)28-23(13)24-14(8-22(38)30(42,45-28)29(24,40)41)27-19(37)6-12-16(34)2-10(32)4-21(12)44-27/h1-4,7-8,18-19,24,26-27,31-37,39-42H,5-6H2/t18-,19-,24+,26-,27-,30+/m1/s1. The summed E-state index contributed by atoms with van der Waals surface area (Å²) >= 11 is 0. The zero-order valence-electron chi connectivity index (χ0n) is 22.8. The highest BCUT2D eigenvalue weighted by atomic mass is 16.7. The van der Waals surface area contributed by atoms with E-state index in [9.17, 15) is 61.0 Å². The smallest absolute Gasteiger partial charge is 0.328 e. The molecule has 45 heavy (non-hydrogen) atoms. The molecule has 11 N–H and O–H groups in total. The molecule has 236 valence electrons. The quantitative estimate of drug-likeness (QED) is 0.129. The number of ketones is 1. The van der Waals surface area contributed by atoms with Crippen molar-refractivity contribution in [3.63, 3.8) is 0 Å². The number of aliphatic hydroxyl groups is 5. The lowest BCUT2D eigenvalue weighted by Gasteiger charge is -2.52. The van der Waals surface area contributed by atoms with Crippen molar-refractivity contribution in [2.24, 2.45) is 0 Å². The lowest BCUT2D eigenvalue weighted by molar-refractivity contribution is -0.340. The molecule has 15 heteroatoms. The van der Waals surface area contributed by atoms with Crippen LogP contribution >= 0.6 is 0 Å². The van der Waals surface area contributed by atoms with Gasteiger partial charge in [0.25, 0.3) is 0 Å². The first-order valence-corrected chi connectivity index (χ1v) is 13.6. The average Bonchev–Trinajstić information content (AvgIpc) is 2.94. The molecule has 15 nitrogen and oxygen atoms in total. The van der Waals surface area contributed by atoms with Crippen LogP contribution in [0, 0.1) is 0 Å². The molecule has 3 aliphatic heterocycles. The molecule has 3 aromatic carbocycles. The molecule has 0 unspecified atom stereocenters. The van der Waals surface area contributed by atoms with Crippen molar-refractivity contribution >= 4 is 5.78 Å². The van der Waals surface area contributed by atoms with Crippen molar-refractivity contribution in [1.82, 2.24) is 0 Å². The van der Waals surface area contributed by atoms with Gasteiger partial charge in [0.2, 0.25) is 17.3 Å². The Morgan fingerprint density at radius 3 is 1.82 bits per heavy atom. The van der Waals surface area contributed by atoms with Gasteiger partial charge in [-0.05, 0) is 17.7 Å². The third-order valence-corrected chi connectivity index (χ3v) is 8.72. The van der Waals surface area contributed by atoms with E-state index in [4.69, 9.17) is 14.2 Å². The van der Waals surface area contributed by atoms with Crippen LogP contribution in [0.4, 0.5) is 0 Å². The van der Waals surface area contributed by atoms with Gasteiger partial charge >= 0.3 is 5.79 Å². The van der Waals surface area contributed by atoms with Gasteiger partial charge < -0.3 is 70.4 Å². The first-order chi connectivity index (χ1) is 21.1. The van der Waals surface area contributed by atoms with Crippen LogP contribution in [0.25, 0.3) is 0 Å². The average molecular weight is 627 g/mol. The lowest BCUT2D eigenvalue weighted by atomic mass is 9.67. The highest BCUT2D eigenvalue weighted by molar-refractivity contribution is 6.00. The van der Waals surface area contributed by atoms with Gasteiger partial charge in [-0.3, -0.25) is 4.79 Å². The number of aromatic hydroxyl groups is 6. The van der Waals surface area contributed by atoms with Gasteiger partial charge in [0.1, 0.15) is 40.6 Å². The maximum Gasteiger partial charge on any atom is 0.328 e. The second kappa shape index (κ2) is 9.29. The van der Waals surface area contributed by atoms with E-state index in [1.165, 1.54) is 0 Å². The van der Waals surface area contributed by atoms with Crippen LogP contribution in [0.3, 0.4) is 0 Å². The fourth-order valence-electron chi connectivity index (χ4n) is 6.61. The molecule has 4 aliphatic rings. The van der Waals surface area contributed by atoms with E-state index in [1.54, 1.807) is 0 Å². The topological polar surface area (TPSA) is 267 Å². The Bertz CT molecular complexity index is 1830. The molecule has 6 atom stereocenters. The molecule has 0 radical (unpaired) electrons. The maximum absolute atomic E-state index is 13.3. The summed E-state index contributed by atoms with van der Waals surface area (Å²) in [6, 6.07) is 5.26. The molecule has 7 rings (SSSR count). The SMILES string of the molecule is O=C1C=C([C@H]2Oc3cc(O)cc(O)c3C[C@H]2O)[C@H]2c3c([C@H]4Oc5cc(O)cc(O)c5C[C@H]4O)cc(O)c(O)c3O[C@]1(O)C2(O)O. The van der Waals surface area contributed by atoms with E-state index in [-0.39, 0.29) is 58.1 Å². The largest absolute Gasteiger partial charge is 0.508 e. The number of hydrogen-bond acceptors (Lipinski definition) is 15. The van der Waals surface area contributed by atoms with E-state index >= 15 is 0 Å². The molecule has 0 amide bonds. The van der Waals surface area contributed by atoms with Crippen LogP contribution < -0.4 is 14.2 Å². The Morgan fingerprint density at radius 2 is 1.24 bits per heavy atom. The third-order valence-electron chi connectivity index (χ3n) is 8.72. The van der Waals surface area contributed by atoms with Gasteiger partial charge in [-0.2, -0.15) is 0 Å². The summed E-state index contributed by atoms with van der Waals surface area (Å²) in [4.78, 5) is 13.3. The normalized spacial score (nSPS) is 29.2. The first kappa shape index (κ1) is 28.8. The number of phenolic OH excluding ortho intramolecular Hbond substituents is 6. The Hall–Kier alpha value is -4.93. The summed E-state index contributed by atoms with van der Waals surface area (Å²) in [7, 11) is 0. The molecular formula is C30H26O15. The fourth-order valence-corrected chi connectivity index (χ4v) is 6.61. The predicted molar refractivity (Wildman–Crippen MR) is 145 cm³/mol. The molecule has 0 saturated carbocycles. The van der Waals surface area contributed by atoms with Gasteiger partial charge in [-0.15, -0.1) is 0 Å². The summed E-state index contributed by atoms with van der Waals surface area (Å²) in [6.45, 7) is 0. The van der Waals surface area contributed by atoms with Crippen LogP contribution in [0.2, 0.25) is 0 Å². The summed E-state index contributed by atoms with van der Waals surface area (Å²) in [5.74, 6) is -14.8. The van der Waals surface area contributed by atoms with Crippen LogP contribution in [0.5, 0.6) is 51.7 Å². The molecule has 0 aromatic heterocycles. The van der Waals surface area contributed by atoms with Crippen molar-refractivity contribution in [2.45, 2.75) is 54.7 Å². The number of carbonyl (C=O) groups excluding carboxylic acids is 1. The molecule has 3 heterocycles. The summed E-state index contributed by atoms with van der Waals surface area (Å²) < 4.78 is 17.1. The van der Waals surface area contributed by atoms with Crippen molar-refractivity contribution < 1.29 is 75.2 Å².